The van der Waals surface area contributed by atoms with Crippen molar-refractivity contribution >= 4 is 5.91 Å². The zero-order valence-electron chi connectivity index (χ0n) is 13.2. The van der Waals surface area contributed by atoms with Gasteiger partial charge in [0.2, 0.25) is 0 Å². The molecule has 122 valence electrons. The number of H-pyrrole nitrogens is 1. The average molecular weight is 315 g/mol. The molecule has 1 aliphatic rings. The molecule has 0 saturated carbocycles. The average Bonchev–Trinajstić information content (AvgIpc) is 3.15. The summed E-state index contributed by atoms with van der Waals surface area (Å²) < 4.78 is 10.7. The number of piperidine rings is 1. The molecule has 1 atom stereocenters. The molecule has 0 bridgehead atoms. The van der Waals surface area contributed by atoms with Gasteiger partial charge in [-0.05, 0) is 43.2 Å². The summed E-state index contributed by atoms with van der Waals surface area (Å²) in [6.07, 6.45) is 3.83. The third-order valence-electron chi connectivity index (χ3n) is 4.16. The summed E-state index contributed by atoms with van der Waals surface area (Å²) in [5, 5.41) is 7.00. The maximum absolute atomic E-state index is 12.4. The van der Waals surface area contributed by atoms with Gasteiger partial charge in [-0.2, -0.15) is 5.10 Å². The van der Waals surface area contributed by atoms with E-state index in [4.69, 9.17) is 9.47 Å². The highest BCUT2D eigenvalue weighted by Gasteiger charge is 2.25. The molecule has 3 rings (SSSR count). The van der Waals surface area contributed by atoms with E-state index >= 15 is 0 Å². The molecule has 1 aromatic heterocycles. The van der Waals surface area contributed by atoms with Gasteiger partial charge >= 0.3 is 0 Å². The van der Waals surface area contributed by atoms with E-state index in [1.165, 1.54) is 0 Å². The van der Waals surface area contributed by atoms with Crippen LogP contribution in [0.1, 0.15) is 24.5 Å². The Morgan fingerprint density at radius 3 is 2.78 bits per heavy atom. The highest BCUT2D eigenvalue weighted by atomic mass is 16.5. The fraction of sp³-hybridized carbons (Fsp3) is 0.412. The standard InChI is InChI=1S/C17H21N3O3/c1-22-14-4-6-15(7-5-14)23-12-17(21)20-10-2-3-13(11-20)16-8-9-18-19-16/h4-9,13H,2-3,10-12H2,1H3,(H,18,19). The normalized spacial score (nSPS) is 17.8. The number of methoxy groups -OCH3 is 1. The Bertz CT molecular complexity index is 625. The van der Waals surface area contributed by atoms with E-state index in [1.54, 1.807) is 25.4 Å². The van der Waals surface area contributed by atoms with E-state index in [-0.39, 0.29) is 12.5 Å². The number of rotatable bonds is 5. The Morgan fingerprint density at radius 2 is 2.09 bits per heavy atom. The van der Waals surface area contributed by atoms with Crippen LogP contribution in [0.2, 0.25) is 0 Å². The van der Waals surface area contributed by atoms with Gasteiger partial charge in [-0.25, -0.2) is 0 Å². The van der Waals surface area contributed by atoms with Gasteiger partial charge in [0.15, 0.2) is 6.61 Å². The number of ether oxygens (including phenoxy) is 2. The lowest BCUT2D eigenvalue weighted by molar-refractivity contribution is -0.134. The number of aromatic amines is 1. The quantitative estimate of drug-likeness (QED) is 0.918. The van der Waals surface area contributed by atoms with E-state index in [2.05, 4.69) is 10.2 Å². The van der Waals surface area contributed by atoms with Crippen molar-refractivity contribution in [2.24, 2.45) is 0 Å². The van der Waals surface area contributed by atoms with Crippen LogP contribution >= 0.6 is 0 Å². The van der Waals surface area contributed by atoms with Crippen LogP contribution in [0.5, 0.6) is 11.5 Å². The predicted molar refractivity (Wildman–Crippen MR) is 85.6 cm³/mol. The number of nitrogens with one attached hydrogen (secondary N) is 1. The van der Waals surface area contributed by atoms with Crippen LogP contribution in [0.4, 0.5) is 0 Å². The summed E-state index contributed by atoms with van der Waals surface area (Å²) in [6, 6.07) is 9.21. The molecule has 6 heteroatoms. The summed E-state index contributed by atoms with van der Waals surface area (Å²) in [6.45, 7) is 1.56. The van der Waals surface area contributed by atoms with E-state index in [0.717, 1.165) is 30.8 Å². The van der Waals surface area contributed by atoms with Crippen LogP contribution in [0.25, 0.3) is 0 Å². The first kappa shape index (κ1) is 15.4. The minimum atomic E-state index is 0.0185. The molecule has 2 aromatic rings. The van der Waals surface area contributed by atoms with Gasteiger partial charge in [-0.15, -0.1) is 0 Å². The highest BCUT2D eigenvalue weighted by molar-refractivity contribution is 5.78. The number of nitrogens with zero attached hydrogens (tertiary/aromatic N) is 2. The number of amides is 1. The molecule has 1 N–H and O–H groups in total. The molecule has 0 radical (unpaired) electrons. The fourth-order valence-electron chi connectivity index (χ4n) is 2.86. The van der Waals surface area contributed by atoms with Crippen molar-refractivity contribution in [3.8, 4) is 11.5 Å². The van der Waals surface area contributed by atoms with Gasteiger partial charge in [0.05, 0.1) is 7.11 Å². The minimum absolute atomic E-state index is 0.0185. The van der Waals surface area contributed by atoms with Crippen LogP contribution in [0.3, 0.4) is 0 Å². The van der Waals surface area contributed by atoms with Crippen molar-refractivity contribution in [1.29, 1.82) is 0 Å². The smallest absolute Gasteiger partial charge is 0.260 e. The molecule has 1 saturated heterocycles. The van der Waals surface area contributed by atoms with Gasteiger partial charge in [-0.1, -0.05) is 0 Å². The predicted octanol–water partition coefficient (Wildman–Crippen LogP) is 2.20. The van der Waals surface area contributed by atoms with E-state index < -0.39 is 0 Å². The summed E-state index contributed by atoms with van der Waals surface area (Å²) in [5.41, 5.74) is 1.10. The van der Waals surface area contributed by atoms with E-state index in [0.29, 0.717) is 18.2 Å². The first-order valence-corrected chi connectivity index (χ1v) is 7.80. The van der Waals surface area contributed by atoms with Gasteiger partial charge in [0, 0.05) is 30.9 Å². The van der Waals surface area contributed by atoms with Crippen molar-refractivity contribution < 1.29 is 14.3 Å². The molecule has 1 aliphatic heterocycles. The van der Waals surface area contributed by atoms with Crippen molar-refractivity contribution in [2.75, 3.05) is 26.8 Å². The van der Waals surface area contributed by atoms with Gasteiger partial charge in [0.1, 0.15) is 11.5 Å². The summed E-state index contributed by atoms with van der Waals surface area (Å²) in [4.78, 5) is 14.2. The molecular formula is C17H21N3O3. The molecule has 1 fully saturated rings. The number of hydrogen-bond acceptors (Lipinski definition) is 4. The maximum Gasteiger partial charge on any atom is 0.260 e. The second-order valence-corrected chi connectivity index (χ2v) is 5.66. The van der Waals surface area contributed by atoms with Gasteiger partial charge in [-0.3, -0.25) is 9.89 Å². The number of aromatic nitrogens is 2. The van der Waals surface area contributed by atoms with Crippen molar-refractivity contribution in [3.63, 3.8) is 0 Å². The molecular weight excluding hydrogens is 294 g/mol. The second-order valence-electron chi connectivity index (χ2n) is 5.66. The maximum atomic E-state index is 12.4. The molecule has 1 amide bonds. The van der Waals surface area contributed by atoms with Crippen LogP contribution < -0.4 is 9.47 Å². The lowest BCUT2D eigenvalue weighted by Gasteiger charge is -2.32. The molecule has 1 unspecified atom stereocenters. The summed E-state index contributed by atoms with van der Waals surface area (Å²) >= 11 is 0. The fourth-order valence-corrected chi connectivity index (χ4v) is 2.86. The minimum Gasteiger partial charge on any atom is -0.497 e. The molecule has 0 aliphatic carbocycles. The zero-order chi connectivity index (χ0) is 16.1. The van der Waals surface area contributed by atoms with Crippen LogP contribution in [0.15, 0.2) is 36.5 Å². The van der Waals surface area contributed by atoms with Crippen LogP contribution in [0, 0.1) is 0 Å². The Morgan fingerprint density at radius 1 is 1.30 bits per heavy atom. The number of benzene rings is 1. The monoisotopic (exact) mass is 315 g/mol. The van der Waals surface area contributed by atoms with E-state index in [9.17, 15) is 4.79 Å². The zero-order valence-corrected chi connectivity index (χ0v) is 13.2. The molecule has 6 nitrogen and oxygen atoms in total. The van der Waals surface area contributed by atoms with E-state index in [1.807, 2.05) is 23.1 Å². The molecule has 23 heavy (non-hydrogen) atoms. The van der Waals surface area contributed by atoms with Crippen molar-refractivity contribution in [1.82, 2.24) is 15.1 Å². The first-order chi connectivity index (χ1) is 11.3. The van der Waals surface area contributed by atoms with Crippen molar-refractivity contribution in [3.05, 3.63) is 42.2 Å². The highest BCUT2D eigenvalue weighted by Crippen LogP contribution is 2.25. The number of likely N-dealkylation sites (tertiary alicyclic amines) is 1. The SMILES string of the molecule is COc1ccc(OCC(=O)N2CCCC(c3ccn[nH]3)C2)cc1. The largest absolute Gasteiger partial charge is 0.497 e. The first-order valence-electron chi connectivity index (χ1n) is 7.80. The van der Waals surface area contributed by atoms with Crippen LogP contribution in [-0.4, -0.2) is 47.8 Å². The summed E-state index contributed by atoms with van der Waals surface area (Å²) in [7, 11) is 1.62. The lowest BCUT2D eigenvalue weighted by Crippen LogP contribution is -2.41. The molecule has 1 aromatic carbocycles. The Hall–Kier alpha value is -2.50. The second kappa shape index (κ2) is 7.17. The third-order valence-corrected chi connectivity index (χ3v) is 4.16. The Labute approximate surface area is 135 Å². The van der Waals surface area contributed by atoms with Crippen molar-refractivity contribution in [2.45, 2.75) is 18.8 Å². The lowest BCUT2D eigenvalue weighted by atomic mass is 9.95. The Kier molecular flexibility index (Phi) is 4.80. The third kappa shape index (κ3) is 3.83. The molecule has 2 heterocycles. The topological polar surface area (TPSA) is 67.5 Å². The van der Waals surface area contributed by atoms with Crippen LogP contribution in [-0.2, 0) is 4.79 Å². The van der Waals surface area contributed by atoms with Gasteiger partial charge in [0.25, 0.3) is 5.91 Å². The number of hydrogen-bond donors (Lipinski definition) is 1. The van der Waals surface area contributed by atoms with Gasteiger partial charge < -0.3 is 14.4 Å². The molecule has 0 spiro atoms. The number of carbonyl (C=O) groups is 1. The summed E-state index contributed by atoms with van der Waals surface area (Å²) in [5.74, 6) is 1.78. The Balaban J connectivity index is 1.53. The number of carbonyl (C=O) groups excluding carboxylic acids is 1.